The van der Waals surface area contributed by atoms with Crippen LogP contribution < -0.4 is 11.1 Å². The molecule has 92 valence electrons. The van der Waals surface area contributed by atoms with E-state index in [0.29, 0.717) is 6.54 Å². The van der Waals surface area contributed by atoms with E-state index < -0.39 is 0 Å². The van der Waals surface area contributed by atoms with Crippen LogP contribution in [0.25, 0.3) is 0 Å². The first kappa shape index (κ1) is 13.1. The molecule has 0 unspecified atom stereocenters. The fraction of sp³-hybridized carbons (Fsp3) is 0.364. The number of hydrogen-bond acceptors (Lipinski definition) is 4. The molecular formula is C11H16N4O2. The van der Waals surface area contributed by atoms with Crippen LogP contribution in [-0.4, -0.2) is 42.3 Å². The molecule has 17 heavy (non-hydrogen) atoms. The van der Waals surface area contributed by atoms with Crippen molar-refractivity contribution in [2.24, 2.45) is 5.73 Å². The number of nitrogens with two attached hydrogens (primary N) is 1. The summed E-state index contributed by atoms with van der Waals surface area (Å²) in [7, 11) is 3.26. The maximum atomic E-state index is 11.6. The summed E-state index contributed by atoms with van der Waals surface area (Å²) >= 11 is 0. The fourth-order valence-corrected chi connectivity index (χ4v) is 1.08. The lowest BCUT2D eigenvalue weighted by Gasteiger charge is -2.10. The summed E-state index contributed by atoms with van der Waals surface area (Å²) < 4.78 is 0. The molecule has 2 amide bonds. The number of aromatic nitrogens is 1. The zero-order valence-corrected chi connectivity index (χ0v) is 9.93. The molecule has 1 aromatic rings. The number of likely N-dealkylation sites (N-methyl/N-ethyl adjacent to an activating group) is 1. The molecule has 0 radical (unpaired) electrons. The summed E-state index contributed by atoms with van der Waals surface area (Å²) in [6.07, 6.45) is 1.54. The molecule has 1 aromatic heterocycles. The number of hydrogen-bond donors (Lipinski definition) is 2. The zero-order chi connectivity index (χ0) is 12.8. The van der Waals surface area contributed by atoms with Crippen molar-refractivity contribution in [3.63, 3.8) is 0 Å². The second kappa shape index (κ2) is 5.95. The van der Waals surface area contributed by atoms with Gasteiger partial charge in [0.15, 0.2) is 0 Å². The van der Waals surface area contributed by atoms with Crippen LogP contribution in [-0.2, 0) is 11.3 Å². The first-order valence-electron chi connectivity index (χ1n) is 5.18. The number of nitrogens with one attached hydrogen (secondary N) is 1. The van der Waals surface area contributed by atoms with Crippen LogP contribution in [0.2, 0.25) is 0 Å². The highest BCUT2D eigenvalue weighted by atomic mass is 16.2. The van der Waals surface area contributed by atoms with E-state index in [2.05, 4.69) is 10.3 Å². The van der Waals surface area contributed by atoms with E-state index >= 15 is 0 Å². The Morgan fingerprint density at radius 1 is 1.41 bits per heavy atom. The van der Waals surface area contributed by atoms with E-state index in [1.54, 1.807) is 32.4 Å². The van der Waals surface area contributed by atoms with Gasteiger partial charge in [-0.2, -0.15) is 0 Å². The summed E-state index contributed by atoms with van der Waals surface area (Å²) in [6, 6.07) is 3.31. The van der Waals surface area contributed by atoms with Gasteiger partial charge in [-0.3, -0.25) is 14.6 Å². The normalized spacial score (nSPS) is 9.82. The van der Waals surface area contributed by atoms with Crippen LogP contribution in [0.15, 0.2) is 18.3 Å². The largest absolute Gasteiger partial charge is 0.347 e. The zero-order valence-electron chi connectivity index (χ0n) is 9.93. The lowest BCUT2D eigenvalue weighted by atomic mass is 10.2. The second-order valence-corrected chi connectivity index (χ2v) is 3.73. The average Bonchev–Trinajstić information content (AvgIpc) is 2.35. The molecule has 3 N–H and O–H groups in total. The SMILES string of the molecule is CN(C)C(=O)CNC(=O)c1ccc(CN)cn1. The number of amides is 2. The van der Waals surface area contributed by atoms with E-state index in [9.17, 15) is 9.59 Å². The molecule has 1 heterocycles. The number of rotatable bonds is 4. The molecule has 0 aliphatic heterocycles. The van der Waals surface area contributed by atoms with Crippen LogP contribution in [0.3, 0.4) is 0 Å². The first-order chi connectivity index (χ1) is 8.04. The van der Waals surface area contributed by atoms with Crippen molar-refractivity contribution in [1.29, 1.82) is 0 Å². The third kappa shape index (κ3) is 3.84. The van der Waals surface area contributed by atoms with Crippen LogP contribution in [0.4, 0.5) is 0 Å². The quantitative estimate of drug-likeness (QED) is 0.727. The third-order valence-corrected chi connectivity index (χ3v) is 2.19. The van der Waals surface area contributed by atoms with Gasteiger partial charge in [-0.15, -0.1) is 0 Å². The number of pyridine rings is 1. The summed E-state index contributed by atoms with van der Waals surface area (Å²) in [6.45, 7) is 0.347. The molecule has 0 spiro atoms. The van der Waals surface area contributed by atoms with Crippen molar-refractivity contribution in [3.8, 4) is 0 Å². The summed E-state index contributed by atoms with van der Waals surface area (Å²) in [5.41, 5.74) is 6.54. The lowest BCUT2D eigenvalue weighted by molar-refractivity contribution is -0.127. The molecule has 0 aliphatic carbocycles. The van der Waals surface area contributed by atoms with Crippen molar-refractivity contribution in [2.75, 3.05) is 20.6 Å². The molecule has 1 rings (SSSR count). The van der Waals surface area contributed by atoms with Crippen molar-refractivity contribution in [1.82, 2.24) is 15.2 Å². The molecule has 6 heteroatoms. The standard InChI is InChI=1S/C11H16N4O2/c1-15(2)10(16)7-14-11(17)9-4-3-8(5-12)6-13-9/h3-4,6H,5,7,12H2,1-2H3,(H,14,17). The van der Waals surface area contributed by atoms with Crippen molar-refractivity contribution < 1.29 is 9.59 Å². The minimum Gasteiger partial charge on any atom is -0.347 e. The highest BCUT2D eigenvalue weighted by Gasteiger charge is 2.09. The Bertz CT molecular complexity index is 400. The Hall–Kier alpha value is -1.95. The molecule has 0 atom stereocenters. The van der Waals surface area contributed by atoms with Gasteiger partial charge in [0.05, 0.1) is 6.54 Å². The van der Waals surface area contributed by atoms with Gasteiger partial charge in [0, 0.05) is 26.8 Å². The van der Waals surface area contributed by atoms with Crippen LogP contribution in [0.5, 0.6) is 0 Å². The van der Waals surface area contributed by atoms with Crippen LogP contribution in [0, 0.1) is 0 Å². The van der Waals surface area contributed by atoms with Gasteiger partial charge in [-0.05, 0) is 11.6 Å². The lowest BCUT2D eigenvalue weighted by Crippen LogP contribution is -2.36. The van der Waals surface area contributed by atoms with E-state index in [4.69, 9.17) is 5.73 Å². The number of carbonyl (C=O) groups excluding carboxylic acids is 2. The Morgan fingerprint density at radius 3 is 2.59 bits per heavy atom. The van der Waals surface area contributed by atoms with Gasteiger partial charge in [-0.25, -0.2) is 0 Å². The maximum Gasteiger partial charge on any atom is 0.270 e. The summed E-state index contributed by atoms with van der Waals surface area (Å²) in [5.74, 6) is -0.541. The van der Waals surface area contributed by atoms with Gasteiger partial charge in [0.2, 0.25) is 5.91 Å². The minimum absolute atomic E-state index is 0.0356. The average molecular weight is 236 g/mol. The molecule has 0 saturated carbocycles. The van der Waals surface area contributed by atoms with Crippen molar-refractivity contribution in [2.45, 2.75) is 6.54 Å². The monoisotopic (exact) mass is 236 g/mol. The molecule has 6 nitrogen and oxygen atoms in total. The third-order valence-electron chi connectivity index (χ3n) is 2.19. The van der Waals surface area contributed by atoms with Gasteiger partial charge in [0.25, 0.3) is 5.91 Å². The number of carbonyl (C=O) groups is 2. The van der Waals surface area contributed by atoms with Gasteiger partial charge >= 0.3 is 0 Å². The van der Waals surface area contributed by atoms with Gasteiger partial charge in [-0.1, -0.05) is 6.07 Å². The second-order valence-electron chi connectivity index (χ2n) is 3.73. The van der Waals surface area contributed by atoms with E-state index in [0.717, 1.165) is 5.56 Å². The minimum atomic E-state index is -0.372. The van der Waals surface area contributed by atoms with Gasteiger partial charge in [0.1, 0.15) is 5.69 Å². The fourth-order valence-electron chi connectivity index (χ4n) is 1.08. The van der Waals surface area contributed by atoms with E-state index in [-0.39, 0.29) is 24.1 Å². The molecule has 0 bridgehead atoms. The topological polar surface area (TPSA) is 88.3 Å². The Labute approximate surface area is 99.8 Å². The molecule has 0 aromatic carbocycles. The van der Waals surface area contributed by atoms with Crippen molar-refractivity contribution >= 4 is 11.8 Å². The Morgan fingerprint density at radius 2 is 2.12 bits per heavy atom. The molecule has 0 saturated heterocycles. The number of nitrogens with zero attached hydrogens (tertiary/aromatic N) is 2. The first-order valence-corrected chi connectivity index (χ1v) is 5.18. The smallest absolute Gasteiger partial charge is 0.270 e. The Balaban J connectivity index is 2.55. The highest BCUT2D eigenvalue weighted by molar-refractivity contribution is 5.94. The predicted octanol–water partition coefficient (Wildman–Crippen LogP) is -0.642. The summed E-state index contributed by atoms with van der Waals surface area (Å²) in [5, 5.41) is 2.49. The van der Waals surface area contributed by atoms with Crippen LogP contribution in [0.1, 0.15) is 16.1 Å². The molecular weight excluding hydrogens is 220 g/mol. The van der Waals surface area contributed by atoms with E-state index in [1.165, 1.54) is 4.90 Å². The Kier molecular flexibility index (Phi) is 4.59. The van der Waals surface area contributed by atoms with Crippen LogP contribution >= 0.6 is 0 Å². The van der Waals surface area contributed by atoms with Gasteiger partial charge < -0.3 is 16.0 Å². The van der Waals surface area contributed by atoms with E-state index in [1.807, 2.05) is 0 Å². The van der Waals surface area contributed by atoms with Crippen molar-refractivity contribution in [3.05, 3.63) is 29.6 Å². The molecule has 0 aliphatic rings. The summed E-state index contributed by atoms with van der Waals surface area (Å²) in [4.78, 5) is 28.2. The molecule has 0 fully saturated rings. The maximum absolute atomic E-state index is 11.6. The predicted molar refractivity (Wildman–Crippen MR) is 63.2 cm³/mol. The highest BCUT2D eigenvalue weighted by Crippen LogP contribution is 1.99.